The molecule has 88 valence electrons. The highest BCUT2D eigenvalue weighted by Crippen LogP contribution is 2.37. The predicted molar refractivity (Wildman–Crippen MR) is 70.3 cm³/mol. The highest BCUT2D eigenvalue weighted by atomic mass is 79.9. The summed E-state index contributed by atoms with van der Waals surface area (Å²) in [4.78, 5) is 4.53. The lowest BCUT2D eigenvalue weighted by atomic mass is 9.95. The Morgan fingerprint density at radius 1 is 1.50 bits per heavy atom. The molecule has 1 aliphatic rings. The first kappa shape index (κ1) is 12.1. The van der Waals surface area contributed by atoms with E-state index in [-0.39, 0.29) is 0 Å². The van der Waals surface area contributed by atoms with Gasteiger partial charge in [0.25, 0.3) is 0 Å². The Morgan fingerprint density at radius 2 is 2.25 bits per heavy atom. The van der Waals surface area contributed by atoms with Crippen molar-refractivity contribution < 1.29 is 0 Å². The van der Waals surface area contributed by atoms with Crippen LogP contribution in [0.25, 0.3) is 0 Å². The zero-order chi connectivity index (χ0) is 11.4. The van der Waals surface area contributed by atoms with E-state index in [1.54, 1.807) is 0 Å². The summed E-state index contributed by atoms with van der Waals surface area (Å²) in [6.07, 6.45) is 7.30. The number of hydrogen-bond donors (Lipinski definition) is 1. The van der Waals surface area contributed by atoms with Crippen molar-refractivity contribution in [3.05, 3.63) is 28.5 Å². The van der Waals surface area contributed by atoms with E-state index in [2.05, 4.69) is 39.2 Å². The summed E-state index contributed by atoms with van der Waals surface area (Å²) in [7, 11) is 0. The summed E-state index contributed by atoms with van der Waals surface area (Å²) in [5, 5.41) is 3.59. The lowest BCUT2D eigenvalue weighted by molar-refractivity contribution is 0.366. The normalized spacial score (nSPS) is 18.9. The van der Waals surface area contributed by atoms with Crippen molar-refractivity contribution in [2.75, 3.05) is 6.54 Å². The fourth-order valence-corrected chi connectivity index (χ4v) is 3.13. The van der Waals surface area contributed by atoms with Crippen molar-refractivity contribution in [2.24, 2.45) is 5.92 Å². The largest absolute Gasteiger partial charge is 0.309 e. The molecule has 1 heterocycles. The summed E-state index contributed by atoms with van der Waals surface area (Å²) in [6.45, 7) is 3.17. The lowest BCUT2D eigenvalue weighted by Gasteiger charge is -2.24. The van der Waals surface area contributed by atoms with E-state index in [0.29, 0.717) is 6.04 Å². The molecule has 3 heteroatoms. The zero-order valence-corrected chi connectivity index (χ0v) is 11.3. The number of nitrogens with one attached hydrogen (secondary N) is 1. The van der Waals surface area contributed by atoms with Crippen LogP contribution in [0.4, 0.5) is 0 Å². The van der Waals surface area contributed by atoms with Crippen LogP contribution >= 0.6 is 15.9 Å². The van der Waals surface area contributed by atoms with Crippen LogP contribution in [0, 0.1) is 5.92 Å². The van der Waals surface area contributed by atoms with Gasteiger partial charge in [0.15, 0.2) is 0 Å². The van der Waals surface area contributed by atoms with Gasteiger partial charge in [0.05, 0.1) is 11.7 Å². The topological polar surface area (TPSA) is 24.9 Å². The Hall–Kier alpha value is -0.410. The molecule has 1 aromatic rings. The van der Waals surface area contributed by atoms with Gasteiger partial charge in [-0.15, -0.1) is 0 Å². The van der Waals surface area contributed by atoms with Gasteiger partial charge < -0.3 is 5.32 Å². The minimum absolute atomic E-state index is 0.420. The predicted octanol–water partition coefficient (Wildman–Crippen LogP) is 3.68. The van der Waals surface area contributed by atoms with E-state index in [1.807, 2.05) is 12.3 Å². The zero-order valence-electron chi connectivity index (χ0n) is 9.75. The molecule has 1 saturated carbocycles. The molecular formula is C13H19BrN2. The molecular weight excluding hydrogens is 264 g/mol. The van der Waals surface area contributed by atoms with Gasteiger partial charge in [-0.1, -0.05) is 19.8 Å². The molecule has 1 aliphatic carbocycles. The second-order valence-electron chi connectivity index (χ2n) is 4.45. The second-order valence-corrected chi connectivity index (χ2v) is 5.30. The molecule has 0 radical (unpaired) electrons. The fourth-order valence-electron chi connectivity index (χ4n) is 2.62. The highest BCUT2D eigenvalue weighted by Gasteiger charge is 2.27. The fraction of sp³-hybridized carbons (Fsp3) is 0.615. The SMILES string of the molecule is CCNC(c1ncccc1Br)C1CCCC1. The van der Waals surface area contributed by atoms with Crippen LogP contribution < -0.4 is 5.32 Å². The molecule has 1 unspecified atom stereocenters. The molecule has 2 rings (SSSR count). The summed E-state index contributed by atoms with van der Waals surface area (Å²) >= 11 is 3.61. The maximum absolute atomic E-state index is 4.53. The summed E-state index contributed by atoms with van der Waals surface area (Å²) in [5.74, 6) is 0.756. The van der Waals surface area contributed by atoms with E-state index < -0.39 is 0 Å². The molecule has 1 fully saturated rings. The average molecular weight is 283 g/mol. The Morgan fingerprint density at radius 3 is 2.88 bits per heavy atom. The maximum Gasteiger partial charge on any atom is 0.0717 e. The van der Waals surface area contributed by atoms with Gasteiger partial charge in [-0.2, -0.15) is 0 Å². The number of nitrogens with zero attached hydrogens (tertiary/aromatic N) is 1. The van der Waals surface area contributed by atoms with Crippen molar-refractivity contribution in [3.63, 3.8) is 0 Å². The maximum atomic E-state index is 4.53. The molecule has 1 N–H and O–H groups in total. The summed E-state index contributed by atoms with van der Waals surface area (Å²) in [5.41, 5.74) is 1.18. The number of aromatic nitrogens is 1. The lowest BCUT2D eigenvalue weighted by Crippen LogP contribution is -2.28. The van der Waals surface area contributed by atoms with Gasteiger partial charge in [-0.05, 0) is 53.4 Å². The van der Waals surface area contributed by atoms with Crippen molar-refractivity contribution in [3.8, 4) is 0 Å². The molecule has 0 aliphatic heterocycles. The van der Waals surface area contributed by atoms with Crippen LogP contribution in [0.1, 0.15) is 44.3 Å². The number of pyridine rings is 1. The van der Waals surface area contributed by atoms with Crippen molar-refractivity contribution in [1.82, 2.24) is 10.3 Å². The Kier molecular flexibility index (Phi) is 4.36. The second kappa shape index (κ2) is 5.78. The molecule has 0 aromatic carbocycles. The minimum atomic E-state index is 0.420. The standard InChI is InChI=1S/C13H19BrN2/c1-2-15-12(10-6-3-4-7-10)13-11(14)8-5-9-16-13/h5,8-10,12,15H,2-4,6-7H2,1H3. The first-order valence-corrected chi connectivity index (χ1v) is 6.96. The molecule has 1 atom stereocenters. The van der Waals surface area contributed by atoms with E-state index in [4.69, 9.17) is 0 Å². The first-order chi connectivity index (χ1) is 7.83. The highest BCUT2D eigenvalue weighted by molar-refractivity contribution is 9.10. The van der Waals surface area contributed by atoms with E-state index in [9.17, 15) is 0 Å². The number of halogens is 1. The van der Waals surface area contributed by atoms with E-state index in [0.717, 1.165) is 16.9 Å². The third-order valence-corrected chi connectivity index (χ3v) is 4.05. The van der Waals surface area contributed by atoms with Gasteiger partial charge >= 0.3 is 0 Å². The molecule has 0 spiro atoms. The average Bonchev–Trinajstić information content (AvgIpc) is 2.80. The monoisotopic (exact) mass is 282 g/mol. The van der Waals surface area contributed by atoms with Crippen LogP contribution in [0.2, 0.25) is 0 Å². The van der Waals surface area contributed by atoms with Gasteiger partial charge in [0.2, 0.25) is 0 Å². The van der Waals surface area contributed by atoms with Crippen LogP contribution in [0.3, 0.4) is 0 Å². The third kappa shape index (κ3) is 2.64. The Labute approximate surface area is 106 Å². The first-order valence-electron chi connectivity index (χ1n) is 6.16. The third-order valence-electron chi connectivity index (χ3n) is 3.38. The molecule has 0 saturated heterocycles. The van der Waals surface area contributed by atoms with E-state index >= 15 is 0 Å². The van der Waals surface area contributed by atoms with Gasteiger partial charge in [0, 0.05) is 10.7 Å². The van der Waals surface area contributed by atoms with Crippen LogP contribution in [-0.2, 0) is 0 Å². The quantitative estimate of drug-likeness (QED) is 0.911. The Bertz CT molecular complexity index is 334. The van der Waals surface area contributed by atoms with Crippen molar-refractivity contribution in [1.29, 1.82) is 0 Å². The van der Waals surface area contributed by atoms with Crippen LogP contribution in [-0.4, -0.2) is 11.5 Å². The summed E-state index contributed by atoms with van der Waals surface area (Å²) < 4.78 is 1.13. The summed E-state index contributed by atoms with van der Waals surface area (Å²) in [6, 6.07) is 4.48. The van der Waals surface area contributed by atoms with Gasteiger partial charge in [0.1, 0.15) is 0 Å². The molecule has 2 nitrogen and oxygen atoms in total. The number of hydrogen-bond acceptors (Lipinski definition) is 2. The van der Waals surface area contributed by atoms with Crippen molar-refractivity contribution in [2.45, 2.75) is 38.6 Å². The molecule has 0 amide bonds. The van der Waals surface area contributed by atoms with Crippen LogP contribution in [0.5, 0.6) is 0 Å². The Balaban J connectivity index is 2.21. The van der Waals surface area contributed by atoms with Crippen LogP contribution in [0.15, 0.2) is 22.8 Å². The van der Waals surface area contributed by atoms with Gasteiger partial charge in [-0.25, -0.2) is 0 Å². The van der Waals surface area contributed by atoms with Crippen molar-refractivity contribution >= 4 is 15.9 Å². The van der Waals surface area contributed by atoms with Gasteiger partial charge in [-0.3, -0.25) is 4.98 Å². The minimum Gasteiger partial charge on any atom is -0.309 e. The molecule has 16 heavy (non-hydrogen) atoms. The smallest absolute Gasteiger partial charge is 0.0717 e. The number of rotatable bonds is 4. The van der Waals surface area contributed by atoms with E-state index in [1.165, 1.54) is 31.4 Å². The molecule has 0 bridgehead atoms. The molecule has 1 aromatic heterocycles.